The van der Waals surface area contributed by atoms with Gasteiger partial charge in [-0.05, 0) is 85.0 Å². The molecule has 4 aromatic carbocycles. The normalized spacial score (nSPS) is 25.9. The Bertz CT molecular complexity index is 2220. The van der Waals surface area contributed by atoms with Crippen LogP contribution in [0.25, 0.3) is 0 Å². The maximum atomic E-state index is 15.5. The molecule has 2 heterocycles. The Morgan fingerprint density at radius 1 is 0.907 bits per heavy atom. The first-order valence-electron chi connectivity index (χ1n) is 17.5. The van der Waals surface area contributed by atoms with E-state index in [4.69, 9.17) is 32.7 Å². The predicted molar refractivity (Wildman–Crippen MR) is 206 cm³/mol. The Hall–Kier alpha value is -4.68. The van der Waals surface area contributed by atoms with Crippen molar-refractivity contribution in [2.24, 2.45) is 23.7 Å². The molecular formula is C41H34BrCl2N3O7. The molecule has 8 rings (SSSR count). The van der Waals surface area contributed by atoms with Gasteiger partial charge in [0, 0.05) is 21.0 Å². The van der Waals surface area contributed by atoms with Crippen LogP contribution < -0.4 is 19.8 Å². The van der Waals surface area contributed by atoms with Crippen molar-refractivity contribution in [3.8, 4) is 11.5 Å². The molecule has 6 atom stereocenters. The number of anilines is 2. The summed E-state index contributed by atoms with van der Waals surface area (Å²) >= 11 is 16.2. The molecule has 13 heteroatoms. The fourth-order valence-electron chi connectivity index (χ4n) is 9.04. The highest BCUT2D eigenvalue weighted by Gasteiger charge is 2.70. The minimum atomic E-state index is -1.56. The number of fused-ring (bicyclic) bond motifs is 4. The van der Waals surface area contributed by atoms with Crippen molar-refractivity contribution in [2.45, 2.75) is 24.2 Å². The number of hydrogen-bond acceptors (Lipinski definition) is 8. The molecule has 276 valence electrons. The van der Waals surface area contributed by atoms with Gasteiger partial charge in [-0.25, -0.2) is 0 Å². The van der Waals surface area contributed by atoms with Crippen molar-refractivity contribution >= 4 is 74.1 Å². The molecule has 3 fully saturated rings. The number of carbonyl (C=O) groups excluding carboxylic acids is 4. The van der Waals surface area contributed by atoms with Crippen LogP contribution >= 0.6 is 39.1 Å². The highest BCUT2D eigenvalue weighted by molar-refractivity contribution is 9.10. The summed E-state index contributed by atoms with van der Waals surface area (Å²) in [4.78, 5) is 60.4. The van der Waals surface area contributed by atoms with Gasteiger partial charge >= 0.3 is 0 Å². The van der Waals surface area contributed by atoms with Gasteiger partial charge < -0.3 is 14.6 Å². The van der Waals surface area contributed by atoms with Crippen LogP contribution in [-0.4, -0.2) is 54.1 Å². The van der Waals surface area contributed by atoms with Gasteiger partial charge in [-0.3, -0.25) is 29.5 Å². The molecule has 54 heavy (non-hydrogen) atoms. The average Bonchev–Trinajstić information content (AvgIpc) is 3.56. The zero-order valence-corrected chi connectivity index (χ0v) is 32.0. The highest BCUT2D eigenvalue weighted by atomic mass is 79.9. The molecule has 4 aromatic rings. The third-order valence-electron chi connectivity index (χ3n) is 11.2. The van der Waals surface area contributed by atoms with Gasteiger partial charge in [0.1, 0.15) is 18.1 Å². The van der Waals surface area contributed by atoms with E-state index in [9.17, 15) is 19.5 Å². The number of hydrazine groups is 1. The summed E-state index contributed by atoms with van der Waals surface area (Å²) in [6.45, 7) is -0.263. The number of ether oxygens (including phenoxy) is 2. The molecule has 1 saturated carbocycles. The van der Waals surface area contributed by atoms with Gasteiger partial charge in [-0.2, -0.15) is 5.01 Å². The second-order valence-electron chi connectivity index (χ2n) is 13.8. The standard InChI is InChI=1S/C41H34BrCl2N3O7/c1-53-26-13-6-22(7-14-26)41-31(38(50)47(40(41)52)45-33-17-10-24(43)20-32(33)44)21-30-27(36(41)28-4-2-3-5-34(28)54-19-18-48)15-16-29-35(30)39(51)46(37(29)49)25-11-8-23(42)9-12-25/h2-15,17,20,29-31,35-36,45,48H,16,18-19,21H2,1H3. The highest BCUT2D eigenvalue weighted by Crippen LogP contribution is 2.65. The number of hydrogen-bond donors (Lipinski definition) is 2. The number of halogens is 3. The van der Waals surface area contributed by atoms with E-state index in [1.807, 2.05) is 18.2 Å². The van der Waals surface area contributed by atoms with Crippen LogP contribution in [0.5, 0.6) is 11.5 Å². The van der Waals surface area contributed by atoms with E-state index in [2.05, 4.69) is 21.4 Å². The number of nitrogens with one attached hydrogen (secondary N) is 1. The van der Waals surface area contributed by atoms with E-state index in [1.54, 1.807) is 79.9 Å². The summed E-state index contributed by atoms with van der Waals surface area (Å²) < 4.78 is 12.4. The van der Waals surface area contributed by atoms with E-state index in [0.29, 0.717) is 39.0 Å². The molecular weight excluding hydrogens is 797 g/mol. The summed E-state index contributed by atoms with van der Waals surface area (Å²) in [5.41, 5.74) is 4.16. The molecule has 4 amide bonds. The van der Waals surface area contributed by atoms with Crippen LogP contribution in [-0.2, 0) is 24.6 Å². The number of nitrogens with zero attached hydrogens (tertiary/aromatic N) is 2. The third kappa shape index (κ3) is 5.63. The second kappa shape index (κ2) is 14.2. The summed E-state index contributed by atoms with van der Waals surface area (Å²) in [5, 5.41) is 11.4. The lowest BCUT2D eigenvalue weighted by atomic mass is 9.49. The number of amides is 4. The first-order valence-corrected chi connectivity index (χ1v) is 19.1. The number of aliphatic hydroxyl groups excluding tert-OH is 1. The molecule has 2 aliphatic carbocycles. The Morgan fingerprint density at radius 2 is 1.65 bits per heavy atom. The van der Waals surface area contributed by atoms with Crippen LogP contribution in [0.15, 0.2) is 107 Å². The molecule has 4 aliphatic rings. The predicted octanol–water partition coefficient (Wildman–Crippen LogP) is 7.33. The molecule has 0 spiro atoms. The lowest BCUT2D eigenvalue weighted by Crippen LogP contribution is -2.53. The van der Waals surface area contributed by atoms with Crippen molar-refractivity contribution < 1.29 is 33.8 Å². The van der Waals surface area contributed by atoms with Crippen LogP contribution in [0, 0.1) is 23.7 Å². The lowest BCUT2D eigenvalue weighted by molar-refractivity contribution is -0.138. The number of aliphatic hydroxyl groups is 1. The fourth-order valence-corrected chi connectivity index (χ4v) is 9.75. The second-order valence-corrected chi connectivity index (χ2v) is 15.6. The molecule has 6 unspecified atom stereocenters. The largest absolute Gasteiger partial charge is 0.497 e. The number of imide groups is 2. The number of carbonyl (C=O) groups is 4. The zero-order chi connectivity index (χ0) is 37.9. The molecule has 10 nitrogen and oxygen atoms in total. The Labute approximate surface area is 329 Å². The van der Waals surface area contributed by atoms with E-state index in [-0.39, 0.29) is 42.9 Å². The van der Waals surface area contributed by atoms with Gasteiger partial charge in [0.05, 0.1) is 53.3 Å². The third-order valence-corrected chi connectivity index (χ3v) is 12.3. The lowest BCUT2D eigenvalue weighted by Gasteiger charge is -2.50. The number of para-hydroxylation sites is 1. The van der Waals surface area contributed by atoms with Gasteiger partial charge in [-0.15, -0.1) is 0 Å². The smallest absolute Gasteiger partial charge is 0.260 e. The SMILES string of the molecule is COc1ccc(C23C(=O)N(Nc4ccc(Cl)cc4Cl)C(=O)C2CC2C(=CCC4C(=O)N(c5ccc(Br)cc5)C(=O)C42)C3c2ccccc2OCCO)cc1. The molecule has 0 radical (unpaired) electrons. The molecule has 2 saturated heterocycles. The maximum Gasteiger partial charge on any atom is 0.260 e. The monoisotopic (exact) mass is 829 g/mol. The van der Waals surface area contributed by atoms with Crippen LogP contribution in [0.2, 0.25) is 10.0 Å². The van der Waals surface area contributed by atoms with Gasteiger partial charge in [-0.1, -0.05) is 81.1 Å². The molecule has 0 bridgehead atoms. The van der Waals surface area contributed by atoms with E-state index >= 15 is 4.79 Å². The molecule has 2 N–H and O–H groups in total. The Balaban J connectivity index is 1.34. The quantitative estimate of drug-likeness (QED) is 0.133. The number of rotatable bonds is 9. The van der Waals surface area contributed by atoms with Gasteiger partial charge in [0.2, 0.25) is 11.8 Å². The summed E-state index contributed by atoms with van der Waals surface area (Å²) in [6.07, 6.45) is 2.36. The molecule has 2 aliphatic heterocycles. The zero-order valence-electron chi connectivity index (χ0n) is 28.9. The molecule has 0 aromatic heterocycles. The van der Waals surface area contributed by atoms with E-state index in [1.165, 1.54) is 11.0 Å². The number of benzene rings is 4. The summed E-state index contributed by atoms with van der Waals surface area (Å²) in [7, 11) is 1.55. The fraction of sp³-hybridized carbons (Fsp3) is 0.268. The van der Waals surface area contributed by atoms with Crippen molar-refractivity contribution in [3.05, 3.63) is 128 Å². The minimum absolute atomic E-state index is 0.0133. The summed E-state index contributed by atoms with van der Waals surface area (Å²) in [6, 6.07) is 26.1. The van der Waals surface area contributed by atoms with Crippen molar-refractivity contribution in [1.82, 2.24) is 5.01 Å². The Morgan fingerprint density at radius 3 is 2.35 bits per heavy atom. The van der Waals surface area contributed by atoms with Gasteiger partial charge in [0.15, 0.2) is 0 Å². The number of methoxy groups -OCH3 is 1. The minimum Gasteiger partial charge on any atom is -0.497 e. The van der Waals surface area contributed by atoms with Crippen LogP contribution in [0.3, 0.4) is 0 Å². The van der Waals surface area contributed by atoms with Crippen molar-refractivity contribution in [3.63, 3.8) is 0 Å². The van der Waals surface area contributed by atoms with Crippen LogP contribution in [0.4, 0.5) is 11.4 Å². The first kappa shape index (κ1) is 36.3. The topological polar surface area (TPSA) is 125 Å². The van der Waals surface area contributed by atoms with E-state index in [0.717, 1.165) is 15.1 Å². The van der Waals surface area contributed by atoms with Crippen LogP contribution in [0.1, 0.15) is 29.9 Å². The first-order chi connectivity index (χ1) is 26.1. The maximum absolute atomic E-state index is 15.5. The van der Waals surface area contributed by atoms with E-state index < -0.39 is 46.8 Å². The van der Waals surface area contributed by atoms with Gasteiger partial charge in [0.25, 0.3) is 11.8 Å². The van der Waals surface area contributed by atoms with Crippen molar-refractivity contribution in [2.75, 3.05) is 30.6 Å². The number of allylic oxidation sites excluding steroid dienone is 2. The summed E-state index contributed by atoms with van der Waals surface area (Å²) in [5.74, 6) is -4.55. The van der Waals surface area contributed by atoms with Crippen molar-refractivity contribution in [1.29, 1.82) is 0 Å². The Kier molecular flexibility index (Phi) is 9.54. The average molecular weight is 832 g/mol.